The highest BCUT2D eigenvalue weighted by molar-refractivity contribution is 8.02. The second-order valence-corrected chi connectivity index (χ2v) is 8.42. The highest BCUT2D eigenvalue weighted by Gasteiger charge is 2.19. The van der Waals surface area contributed by atoms with Crippen LogP contribution in [0.1, 0.15) is 25.8 Å². The lowest BCUT2D eigenvalue weighted by Gasteiger charge is -2.10. The number of carbonyl (C=O) groups is 1. The van der Waals surface area contributed by atoms with E-state index in [1.54, 1.807) is 11.3 Å². The van der Waals surface area contributed by atoms with Gasteiger partial charge in [-0.05, 0) is 37.1 Å². The summed E-state index contributed by atoms with van der Waals surface area (Å²) in [6.07, 6.45) is 4.57. The van der Waals surface area contributed by atoms with Crippen LogP contribution in [-0.4, -0.2) is 21.9 Å². The summed E-state index contributed by atoms with van der Waals surface area (Å²) in [5.74, 6) is -0.103. The summed E-state index contributed by atoms with van der Waals surface area (Å²) in [7, 11) is 0. The molecule has 0 saturated carbocycles. The summed E-state index contributed by atoms with van der Waals surface area (Å²) >= 11 is 3.11. The number of nitrogens with one attached hydrogen (secondary N) is 1. The quantitative estimate of drug-likeness (QED) is 0.332. The van der Waals surface area contributed by atoms with Crippen LogP contribution in [0.5, 0.6) is 0 Å². The van der Waals surface area contributed by atoms with Gasteiger partial charge in [0, 0.05) is 0 Å². The van der Waals surface area contributed by atoms with E-state index in [1.807, 2.05) is 80.6 Å². The molecule has 1 N–H and O–H groups in total. The van der Waals surface area contributed by atoms with Gasteiger partial charge in [0.05, 0.1) is 21.2 Å². The molecule has 0 fully saturated rings. The summed E-state index contributed by atoms with van der Waals surface area (Å²) in [4.78, 5) is 17.1. The molecule has 138 valence electrons. The number of aromatic nitrogens is 1. The van der Waals surface area contributed by atoms with Gasteiger partial charge in [-0.3, -0.25) is 4.79 Å². The highest BCUT2D eigenvalue weighted by Crippen LogP contribution is 2.33. The Kier molecular flexibility index (Phi) is 6.79. The maximum atomic E-state index is 12.5. The predicted octanol–water partition coefficient (Wildman–Crippen LogP) is 5.37. The molecule has 3 aromatic rings. The van der Waals surface area contributed by atoms with Crippen LogP contribution in [0.25, 0.3) is 16.3 Å². The number of amides is 1. The van der Waals surface area contributed by atoms with Gasteiger partial charge in [-0.1, -0.05) is 67.2 Å². The minimum absolute atomic E-state index is 0.103. The number of allylic oxidation sites excluding steroid dienone is 1. The number of nitrogens with zero attached hydrogens (tertiary/aromatic N) is 2. The van der Waals surface area contributed by atoms with Gasteiger partial charge >= 0.3 is 0 Å². The Morgan fingerprint density at radius 2 is 1.96 bits per heavy atom. The van der Waals surface area contributed by atoms with Gasteiger partial charge in [-0.15, -0.1) is 11.3 Å². The first-order chi connectivity index (χ1) is 13.2. The zero-order valence-corrected chi connectivity index (χ0v) is 16.9. The standard InChI is InChI=1S/C21H21N3OS2/c1-3-18(26-21-22-17-11-7-8-12-19(17)27-21)20(25)24-23-15(2)13-14-16-9-5-4-6-10-16/h4-14,18H,3H2,1-2H3,(H,24,25)/b14-13+,23-15+/t18-/m1/s1. The molecule has 0 radical (unpaired) electrons. The Balaban J connectivity index is 1.60. The summed E-state index contributed by atoms with van der Waals surface area (Å²) < 4.78 is 2.04. The number of fused-ring (bicyclic) bond motifs is 1. The zero-order valence-electron chi connectivity index (χ0n) is 15.3. The summed E-state index contributed by atoms with van der Waals surface area (Å²) in [5, 5.41) is 3.97. The third kappa shape index (κ3) is 5.52. The monoisotopic (exact) mass is 395 g/mol. The Morgan fingerprint density at radius 1 is 1.22 bits per heavy atom. The molecule has 6 heteroatoms. The van der Waals surface area contributed by atoms with E-state index in [2.05, 4.69) is 15.5 Å². The van der Waals surface area contributed by atoms with Crippen molar-refractivity contribution < 1.29 is 4.79 Å². The molecule has 27 heavy (non-hydrogen) atoms. The number of thioether (sulfide) groups is 1. The minimum atomic E-state index is -0.222. The largest absolute Gasteiger partial charge is 0.272 e. The summed E-state index contributed by atoms with van der Waals surface area (Å²) in [6, 6.07) is 18.0. The van der Waals surface area contributed by atoms with Gasteiger partial charge in [0.25, 0.3) is 5.91 Å². The van der Waals surface area contributed by atoms with Crippen molar-refractivity contribution in [3.05, 3.63) is 66.2 Å². The van der Waals surface area contributed by atoms with Gasteiger partial charge in [0.1, 0.15) is 0 Å². The lowest BCUT2D eigenvalue weighted by molar-refractivity contribution is -0.120. The predicted molar refractivity (Wildman–Crippen MR) is 116 cm³/mol. The van der Waals surface area contributed by atoms with Crippen LogP contribution in [0, 0.1) is 0 Å². The van der Waals surface area contributed by atoms with E-state index in [-0.39, 0.29) is 11.2 Å². The van der Waals surface area contributed by atoms with E-state index in [0.717, 1.165) is 25.8 Å². The van der Waals surface area contributed by atoms with Crippen LogP contribution in [-0.2, 0) is 4.79 Å². The number of hydrazone groups is 1. The minimum Gasteiger partial charge on any atom is -0.272 e. The number of para-hydroxylation sites is 1. The van der Waals surface area contributed by atoms with Gasteiger partial charge in [0.15, 0.2) is 4.34 Å². The van der Waals surface area contributed by atoms with E-state index in [4.69, 9.17) is 0 Å². The lowest BCUT2D eigenvalue weighted by Crippen LogP contribution is -2.29. The topological polar surface area (TPSA) is 54.4 Å². The average molecular weight is 396 g/mol. The van der Waals surface area contributed by atoms with E-state index < -0.39 is 0 Å². The smallest absolute Gasteiger partial charge is 0.253 e. The van der Waals surface area contributed by atoms with E-state index in [1.165, 1.54) is 11.8 Å². The Morgan fingerprint density at radius 3 is 2.70 bits per heavy atom. The first kappa shape index (κ1) is 19.3. The van der Waals surface area contributed by atoms with Crippen LogP contribution in [0.15, 0.2) is 70.1 Å². The third-order valence-electron chi connectivity index (χ3n) is 3.84. The number of carbonyl (C=O) groups excluding carboxylic acids is 1. The molecule has 0 saturated heterocycles. The molecule has 4 nitrogen and oxygen atoms in total. The second-order valence-electron chi connectivity index (χ2n) is 5.94. The molecule has 0 bridgehead atoms. The van der Waals surface area contributed by atoms with Crippen LogP contribution in [0.3, 0.4) is 0 Å². The Labute approximate surface area is 167 Å². The fourth-order valence-electron chi connectivity index (χ4n) is 2.38. The zero-order chi connectivity index (χ0) is 19.1. The van der Waals surface area contributed by atoms with Crippen molar-refractivity contribution in [1.82, 2.24) is 10.4 Å². The van der Waals surface area contributed by atoms with Crippen molar-refractivity contribution in [2.24, 2.45) is 5.10 Å². The Hall–Kier alpha value is -2.44. The molecular weight excluding hydrogens is 374 g/mol. The number of thiazole rings is 1. The first-order valence-electron chi connectivity index (χ1n) is 8.75. The molecule has 1 aromatic heterocycles. The Bertz CT molecular complexity index is 931. The van der Waals surface area contributed by atoms with Crippen molar-refractivity contribution in [3.8, 4) is 0 Å². The van der Waals surface area contributed by atoms with E-state index in [9.17, 15) is 4.79 Å². The molecule has 0 spiro atoms. The van der Waals surface area contributed by atoms with Crippen LogP contribution in [0.2, 0.25) is 0 Å². The maximum absolute atomic E-state index is 12.5. The molecule has 3 rings (SSSR count). The van der Waals surface area contributed by atoms with Crippen molar-refractivity contribution in [3.63, 3.8) is 0 Å². The number of benzene rings is 2. The van der Waals surface area contributed by atoms with Crippen molar-refractivity contribution in [1.29, 1.82) is 0 Å². The number of hydrogen-bond donors (Lipinski definition) is 1. The molecule has 2 aromatic carbocycles. The second kappa shape index (κ2) is 9.48. The molecular formula is C21H21N3OS2. The molecule has 1 atom stereocenters. The van der Waals surface area contributed by atoms with Gasteiger partial charge in [0.2, 0.25) is 0 Å². The van der Waals surface area contributed by atoms with E-state index in [0.29, 0.717) is 6.42 Å². The molecule has 0 aliphatic heterocycles. The van der Waals surface area contributed by atoms with Crippen LogP contribution < -0.4 is 5.43 Å². The van der Waals surface area contributed by atoms with Crippen LogP contribution in [0.4, 0.5) is 0 Å². The fraction of sp³-hybridized carbons (Fsp3) is 0.190. The number of hydrogen-bond acceptors (Lipinski definition) is 5. The average Bonchev–Trinajstić information content (AvgIpc) is 3.12. The molecule has 0 unspecified atom stereocenters. The van der Waals surface area contributed by atoms with Crippen LogP contribution >= 0.6 is 23.1 Å². The van der Waals surface area contributed by atoms with Crippen molar-refractivity contribution >= 4 is 51.0 Å². The fourth-order valence-corrected chi connectivity index (χ4v) is 4.61. The molecule has 1 heterocycles. The van der Waals surface area contributed by atoms with Gasteiger partial charge in [-0.25, -0.2) is 10.4 Å². The summed E-state index contributed by atoms with van der Waals surface area (Å²) in [5.41, 5.74) is 5.49. The van der Waals surface area contributed by atoms with Crippen molar-refractivity contribution in [2.45, 2.75) is 29.9 Å². The van der Waals surface area contributed by atoms with E-state index >= 15 is 0 Å². The molecule has 1 amide bonds. The lowest BCUT2D eigenvalue weighted by atomic mass is 10.2. The molecule has 0 aliphatic carbocycles. The molecule has 0 aliphatic rings. The van der Waals surface area contributed by atoms with Gasteiger partial charge < -0.3 is 0 Å². The maximum Gasteiger partial charge on any atom is 0.253 e. The third-order valence-corrected chi connectivity index (χ3v) is 6.33. The normalized spacial score (nSPS) is 13.2. The first-order valence-corrected chi connectivity index (χ1v) is 10.4. The SMILES string of the molecule is CC[C@@H](Sc1nc2ccccc2s1)C(=O)N/N=C(C)/C=C/c1ccccc1. The van der Waals surface area contributed by atoms with Crippen molar-refractivity contribution in [2.75, 3.05) is 0 Å². The highest BCUT2D eigenvalue weighted by atomic mass is 32.2. The van der Waals surface area contributed by atoms with Gasteiger partial charge in [-0.2, -0.15) is 5.10 Å². The summed E-state index contributed by atoms with van der Waals surface area (Å²) in [6.45, 7) is 3.86. The number of rotatable bonds is 7.